The van der Waals surface area contributed by atoms with Crippen molar-refractivity contribution >= 4 is 44.4 Å². The van der Waals surface area contributed by atoms with Crippen molar-refractivity contribution in [3.8, 4) is 11.4 Å². The van der Waals surface area contributed by atoms with Gasteiger partial charge in [0.25, 0.3) is 5.69 Å². The maximum absolute atomic E-state index is 12.1. The molecule has 2 N–H and O–H groups in total. The van der Waals surface area contributed by atoms with Crippen molar-refractivity contribution in [3.05, 3.63) is 107 Å². The van der Waals surface area contributed by atoms with Crippen LogP contribution in [0.5, 0.6) is 5.75 Å². The number of methoxy groups -OCH3 is 1. The number of benzene rings is 2. The van der Waals surface area contributed by atoms with Crippen molar-refractivity contribution in [2.75, 3.05) is 23.0 Å². The highest BCUT2D eigenvalue weighted by atomic mass is 32.2. The summed E-state index contributed by atoms with van der Waals surface area (Å²) in [5.74, 6) is 0.347. The van der Waals surface area contributed by atoms with E-state index in [0.29, 0.717) is 22.2 Å². The lowest BCUT2D eigenvalue weighted by molar-refractivity contribution is -0.384. The maximum atomic E-state index is 12.1. The van der Waals surface area contributed by atoms with E-state index in [2.05, 4.69) is 15.0 Å². The molecule has 1 saturated heterocycles. The largest absolute Gasteiger partial charge is 0.495 e. The highest BCUT2D eigenvalue weighted by Gasteiger charge is 2.42. The molecule has 1 aliphatic heterocycles. The van der Waals surface area contributed by atoms with Crippen LogP contribution in [0.15, 0.2) is 85.2 Å². The maximum Gasteiger partial charge on any atom is 0.271 e. The summed E-state index contributed by atoms with van der Waals surface area (Å²) in [5, 5.41) is 15.2. The summed E-state index contributed by atoms with van der Waals surface area (Å²) >= 11 is 5.80. The van der Waals surface area contributed by atoms with Crippen molar-refractivity contribution in [3.63, 3.8) is 0 Å². The molecule has 0 bridgehead atoms. The van der Waals surface area contributed by atoms with Crippen LogP contribution in [-0.2, 0) is 10.0 Å². The Morgan fingerprint density at radius 1 is 1.08 bits per heavy atom. The van der Waals surface area contributed by atoms with Gasteiger partial charge in [-0.15, -0.1) is 0 Å². The molecule has 0 aliphatic carbocycles. The first kappa shape index (κ1) is 26.1. The molecule has 3 heterocycles. The fraction of sp³-hybridized carbons (Fsp3) is 0.154. The monoisotopic (exact) mass is 564 g/mol. The van der Waals surface area contributed by atoms with Crippen LogP contribution >= 0.6 is 12.2 Å². The standard InChI is InChI=1S/C26H24N6O5S2/c1-37-23-12-11-18(16-21(23)29-39(2,35)36)31-25(24(28-26(31)38)20-9-3-4-13-27-20)22-10-6-14-30(22)17-7-5-8-19(15-17)32(33)34/h3-16,24-25,29H,1-2H3,(H,28,38)/t24-,25-/m0/s1. The molecule has 39 heavy (non-hydrogen) atoms. The first-order valence-electron chi connectivity index (χ1n) is 11.7. The fourth-order valence-corrected chi connectivity index (χ4v) is 5.59. The van der Waals surface area contributed by atoms with Crippen LogP contribution in [-0.4, -0.2) is 41.4 Å². The molecular formula is C26H24N6O5S2. The SMILES string of the molecule is COc1ccc(N2C(=S)N[C@@H](c3ccccn3)[C@@H]2c2cccn2-c2cccc([N+](=O)[O-])c2)cc1NS(C)(=O)=O. The first-order valence-corrected chi connectivity index (χ1v) is 14.0. The highest BCUT2D eigenvalue weighted by Crippen LogP contribution is 2.44. The lowest BCUT2D eigenvalue weighted by atomic mass is 10.0. The fourth-order valence-electron chi connectivity index (χ4n) is 4.69. The number of non-ortho nitro benzene ring substituents is 1. The predicted molar refractivity (Wildman–Crippen MR) is 152 cm³/mol. The summed E-state index contributed by atoms with van der Waals surface area (Å²) in [6, 6.07) is 20.0. The van der Waals surface area contributed by atoms with Crippen molar-refractivity contribution in [1.82, 2.24) is 14.9 Å². The van der Waals surface area contributed by atoms with E-state index in [1.54, 1.807) is 36.5 Å². The number of ether oxygens (including phenoxy) is 1. The number of sulfonamides is 1. The number of hydrogen-bond acceptors (Lipinski definition) is 7. The molecule has 2 aromatic heterocycles. The zero-order chi connectivity index (χ0) is 27.7. The molecular weight excluding hydrogens is 540 g/mol. The molecule has 200 valence electrons. The minimum atomic E-state index is -3.59. The van der Waals surface area contributed by atoms with Crippen LogP contribution < -0.4 is 19.7 Å². The summed E-state index contributed by atoms with van der Waals surface area (Å²) in [6.07, 6.45) is 4.59. The van der Waals surface area contributed by atoms with E-state index in [0.717, 1.165) is 17.6 Å². The van der Waals surface area contributed by atoms with E-state index in [1.807, 2.05) is 46.0 Å². The van der Waals surface area contributed by atoms with Crippen LogP contribution in [0.2, 0.25) is 0 Å². The van der Waals surface area contributed by atoms with Crippen molar-refractivity contribution in [2.24, 2.45) is 0 Å². The summed E-state index contributed by atoms with van der Waals surface area (Å²) < 4.78 is 33.8. The number of pyridine rings is 1. The second-order valence-corrected chi connectivity index (χ2v) is 11.0. The molecule has 4 aromatic rings. The number of rotatable bonds is 8. The van der Waals surface area contributed by atoms with Crippen LogP contribution in [0.25, 0.3) is 5.69 Å². The van der Waals surface area contributed by atoms with Gasteiger partial charge >= 0.3 is 0 Å². The average molecular weight is 565 g/mol. The molecule has 2 aromatic carbocycles. The molecule has 0 radical (unpaired) electrons. The molecule has 11 nitrogen and oxygen atoms in total. The molecule has 1 aliphatic rings. The van der Waals surface area contributed by atoms with Gasteiger partial charge in [-0.1, -0.05) is 12.1 Å². The number of nitro groups is 1. The van der Waals surface area contributed by atoms with Gasteiger partial charge < -0.3 is 19.5 Å². The number of nitrogens with one attached hydrogen (secondary N) is 2. The van der Waals surface area contributed by atoms with Gasteiger partial charge in [0.2, 0.25) is 10.0 Å². The van der Waals surface area contributed by atoms with Crippen LogP contribution in [0.4, 0.5) is 17.1 Å². The second-order valence-electron chi connectivity index (χ2n) is 8.84. The minimum Gasteiger partial charge on any atom is -0.495 e. The highest BCUT2D eigenvalue weighted by molar-refractivity contribution is 7.92. The summed E-state index contributed by atoms with van der Waals surface area (Å²) in [7, 11) is -2.14. The van der Waals surface area contributed by atoms with E-state index in [4.69, 9.17) is 17.0 Å². The van der Waals surface area contributed by atoms with Crippen molar-refractivity contribution in [1.29, 1.82) is 0 Å². The molecule has 1 fully saturated rings. The Bertz CT molecular complexity index is 1660. The number of anilines is 2. The zero-order valence-electron chi connectivity index (χ0n) is 20.9. The third kappa shape index (κ3) is 5.26. The Balaban J connectivity index is 1.67. The quantitative estimate of drug-likeness (QED) is 0.182. The van der Waals surface area contributed by atoms with Gasteiger partial charge in [0.05, 0.1) is 41.4 Å². The molecule has 5 rings (SSSR count). The summed E-state index contributed by atoms with van der Waals surface area (Å²) in [6.45, 7) is 0. The summed E-state index contributed by atoms with van der Waals surface area (Å²) in [5.41, 5.74) is 2.96. The van der Waals surface area contributed by atoms with Crippen LogP contribution in [0.1, 0.15) is 23.5 Å². The first-order chi connectivity index (χ1) is 18.7. The van der Waals surface area contributed by atoms with E-state index < -0.39 is 21.0 Å². The van der Waals surface area contributed by atoms with E-state index in [1.165, 1.54) is 19.2 Å². The molecule has 0 unspecified atom stereocenters. The number of thiocarbonyl (C=S) groups is 1. The van der Waals surface area contributed by atoms with Gasteiger partial charge in [0, 0.05) is 35.9 Å². The molecule has 0 spiro atoms. The Hall–Kier alpha value is -4.49. The van der Waals surface area contributed by atoms with Gasteiger partial charge in [0.15, 0.2) is 5.11 Å². The van der Waals surface area contributed by atoms with E-state index in [9.17, 15) is 18.5 Å². The number of nitrogens with zero attached hydrogens (tertiary/aromatic N) is 4. The van der Waals surface area contributed by atoms with Gasteiger partial charge in [-0.2, -0.15) is 0 Å². The second kappa shape index (κ2) is 10.3. The Labute approximate surface area is 230 Å². The summed E-state index contributed by atoms with van der Waals surface area (Å²) in [4.78, 5) is 17.5. The van der Waals surface area contributed by atoms with Gasteiger partial charge in [0.1, 0.15) is 11.8 Å². The topological polar surface area (TPSA) is 132 Å². The Kier molecular flexibility index (Phi) is 6.93. The predicted octanol–water partition coefficient (Wildman–Crippen LogP) is 4.34. The molecule has 13 heteroatoms. The van der Waals surface area contributed by atoms with Gasteiger partial charge in [-0.25, -0.2) is 8.42 Å². The Morgan fingerprint density at radius 3 is 2.59 bits per heavy atom. The third-order valence-corrected chi connectivity index (χ3v) is 7.16. The number of nitro benzene ring substituents is 1. The van der Waals surface area contributed by atoms with Crippen molar-refractivity contribution in [2.45, 2.75) is 12.1 Å². The van der Waals surface area contributed by atoms with Crippen LogP contribution in [0.3, 0.4) is 0 Å². The zero-order valence-corrected chi connectivity index (χ0v) is 22.5. The lowest BCUT2D eigenvalue weighted by Crippen LogP contribution is -2.30. The van der Waals surface area contributed by atoms with E-state index in [-0.39, 0.29) is 17.4 Å². The number of aromatic nitrogens is 2. The van der Waals surface area contributed by atoms with Gasteiger partial charge in [-0.05, 0) is 60.7 Å². The van der Waals surface area contributed by atoms with E-state index >= 15 is 0 Å². The smallest absolute Gasteiger partial charge is 0.271 e. The minimum absolute atomic E-state index is 0.0306. The van der Waals surface area contributed by atoms with Crippen LogP contribution in [0, 0.1) is 10.1 Å². The lowest BCUT2D eigenvalue weighted by Gasteiger charge is -2.29. The Morgan fingerprint density at radius 2 is 1.90 bits per heavy atom. The van der Waals surface area contributed by atoms with Crippen molar-refractivity contribution < 1.29 is 18.1 Å². The average Bonchev–Trinajstić information content (AvgIpc) is 3.52. The molecule has 2 atom stereocenters. The third-order valence-electron chi connectivity index (χ3n) is 6.26. The number of hydrogen-bond donors (Lipinski definition) is 2. The molecule has 0 saturated carbocycles. The molecule has 0 amide bonds. The van der Waals surface area contributed by atoms with Gasteiger partial charge in [-0.3, -0.25) is 19.8 Å². The normalized spacial score (nSPS) is 17.1.